The van der Waals surface area contributed by atoms with Crippen LogP contribution in [0.3, 0.4) is 0 Å². The van der Waals surface area contributed by atoms with Gasteiger partial charge in [0.15, 0.2) is 0 Å². The van der Waals surface area contributed by atoms with Crippen molar-refractivity contribution < 1.29 is 9.13 Å². The molecule has 0 aliphatic carbocycles. The second-order valence-electron chi connectivity index (χ2n) is 4.93. The van der Waals surface area contributed by atoms with Gasteiger partial charge in [0.1, 0.15) is 5.82 Å². The van der Waals surface area contributed by atoms with E-state index in [0.29, 0.717) is 19.2 Å². The molecular formula is C15H25FN2O. The molecule has 0 aromatic heterocycles. The first-order valence-corrected chi connectivity index (χ1v) is 6.85. The van der Waals surface area contributed by atoms with Gasteiger partial charge in [-0.25, -0.2) is 4.39 Å². The van der Waals surface area contributed by atoms with Crippen LogP contribution < -0.4 is 10.2 Å². The SMILES string of the molecule is CCOCCN(C)c1ccc(F)cc1CNC(C)C. The van der Waals surface area contributed by atoms with Crippen LogP contribution in [-0.2, 0) is 11.3 Å². The Morgan fingerprint density at radius 1 is 1.37 bits per heavy atom. The second-order valence-corrected chi connectivity index (χ2v) is 4.93. The van der Waals surface area contributed by atoms with Gasteiger partial charge in [-0.2, -0.15) is 0 Å². The van der Waals surface area contributed by atoms with Crippen LogP contribution in [-0.4, -0.2) is 32.8 Å². The molecule has 3 nitrogen and oxygen atoms in total. The van der Waals surface area contributed by atoms with Crippen molar-refractivity contribution in [1.82, 2.24) is 5.32 Å². The lowest BCUT2D eigenvalue weighted by atomic mass is 10.1. The molecule has 0 saturated carbocycles. The van der Waals surface area contributed by atoms with E-state index in [0.717, 1.165) is 24.4 Å². The number of rotatable bonds is 8. The summed E-state index contributed by atoms with van der Waals surface area (Å²) < 4.78 is 18.7. The average Bonchev–Trinajstić information content (AvgIpc) is 2.36. The molecule has 0 atom stereocenters. The number of anilines is 1. The van der Waals surface area contributed by atoms with Gasteiger partial charge in [-0.1, -0.05) is 13.8 Å². The molecular weight excluding hydrogens is 243 g/mol. The standard InChI is InChI=1S/C15H25FN2O/c1-5-19-9-8-18(4)15-7-6-14(16)10-13(15)11-17-12(2)3/h6-7,10,12,17H,5,8-9,11H2,1-4H3. The molecule has 1 rings (SSSR count). The minimum Gasteiger partial charge on any atom is -0.380 e. The van der Waals surface area contributed by atoms with E-state index in [4.69, 9.17) is 4.74 Å². The number of ether oxygens (including phenoxy) is 1. The lowest BCUT2D eigenvalue weighted by Gasteiger charge is -2.23. The summed E-state index contributed by atoms with van der Waals surface area (Å²) in [6, 6.07) is 5.32. The van der Waals surface area contributed by atoms with E-state index in [1.807, 2.05) is 20.0 Å². The zero-order valence-corrected chi connectivity index (χ0v) is 12.4. The lowest BCUT2D eigenvalue weighted by molar-refractivity contribution is 0.154. The maximum atomic E-state index is 13.4. The highest BCUT2D eigenvalue weighted by atomic mass is 19.1. The Kier molecular flexibility index (Phi) is 6.81. The molecule has 0 radical (unpaired) electrons. The van der Waals surface area contributed by atoms with Gasteiger partial charge in [0.05, 0.1) is 6.61 Å². The van der Waals surface area contributed by atoms with Crippen LogP contribution in [0.5, 0.6) is 0 Å². The lowest BCUT2D eigenvalue weighted by Crippen LogP contribution is -2.27. The molecule has 0 saturated heterocycles. The number of halogens is 1. The molecule has 19 heavy (non-hydrogen) atoms. The fraction of sp³-hybridized carbons (Fsp3) is 0.600. The van der Waals surface area contributed by atoms with Crippen molar-refractivity contribution in [2.24, 2.45) is 0 Å². The Balaban J connectivity index is 2.74. The molecule has 4 heteroatoms. The molecule has 1 aromatic rings. The number of benzene rings is 1. The first kappa shape index (κ1) is 15.9. The molecule has 108 valence electrons. The maximum absolute atomic E-state index is 13.4. The highest BCUT2D eigenvalue weighted by molar-refractivity contribution is 5.53. The fourth-order valence-corrected chi connectivity index (χ4v) is 1.85. The van der Waals surface area contributed by atoms with Crippen molar-refractivity contribution in [2.45, 2.75) is 33.4 Å². The van der Waals surface area contributed by atoms with E-state index >= 15 is 0 Å². The summed E-state index contributed by atoms with van der Waals surface area (Å²) in [4.78, 5) is 2.10. The zero-order valence-electron chi connectivity index (χ0n) is 12.4. The number of nitrogens with one attached hydrogen (secondary N) is 1. The predicted octanol–water partition coefficient (Wildman–Crippen LogP) is 2.80. The molecule has 1 N–H and O–H groups in total. The van der Waals surface area contributed by atoms with Gasteiger partial charge in [-0.05, 0) is 30.7 Å². The Labute approximate surface area is 115 Å². The summed E-state index contributed by atoms with van der Waals surface area (Å²) in [6.07, 6.45) is 0. The summed E-state index contributed by atoms with van der Waals surface area (Å²) >= 11 is 0. The Morgan fingerprint density at radius 3 is 2.74 bits per heavy atom. The summed E-state index contributed by atoms with van der Waals surface area (Å²) in [6.45, 7) is 9.02. The van der Waals surface area contributed by atoms with E-state index in [1.165, 1.54) is 6.07 Å². The normalized spacial score (nSPS) is 11.1. The number of nitrogens with zero attached hydrogens (tertiary/aromatic N) is 1. The summed E-state index contributed by atoms with van der Waals surface area (Å²) in [5.41, 5.74) is 2.03. The quantitative estimate of drug-likeness (QED) is 0.734. The number of hydrogen-bond donors (Lipinski definition) is 1. The first-order chi connectivity index (χ1) is 9.04. The van der Waals surface area contributed by atoms with Gasteiger partial charge in [0.2, 0.25) is 0 Å². The Morgan fingerprint density at radius 2 is 2.11 bits per heavy atom. The summed E-state index contributed by atoms with van der Waals surface area (Å²) in [7, 11) is 2.01. The van der Waals surface area contributed by atoms with E-state index in [1.54, 1.807) is 6.07 Å². The van der Waals surface area contributed by atoms with Crippen LogP contribution in [0.1, 0.15) is 26.3 Å². The maximum Gasteiger partial charge on any atom is 0.123 e. The van der Waals surface area contributed by atoms with Gasteiger partial charge < -0.3 is 15.0 Å². The van der Waals surface area contributed by atoms with E-state index in [9.17, 15) is 4.39 Å². The Hall–Kier alpha value is -1.13. The summed E-state index contributed by atoms with van der Waals surface area (Å²) in [5.74, 6) is -0.192. The van der Waals surface area contributed by atoms with Crippen molar-refractivity contribution in [3.8, 4) is 0 Å². The van der Waals surface area contributed by atoms with Gasteiger partial charge in [0.25, 0.3) is 0 Å². The van der Waals surface area contributed by atoms with Gasteiger partial charge in [0, 0.05) is 38.5 Å². The number of hydrogen-bond acceptors (Lipinski definition) is 3. The van der Waals surface area contributed by atoms with Crippen molar-refractivity contribution in [1.29, 1.82) is 0 Å². The molecule has 1 aromatic carbocycles. The van der Waals surface area contributed by atoms with Gasteiger partial charge >= 0.3 is 0 Å². The second kappa shape index (κ2) is 8.12. The van der Waals surface area contributed by atoms with Crippen molar-refractivity contribution >= 4 is 5.69 Å². The molecule has 0 aliphatic rings. The van der Waals surface area contributed by atoms with Crippen LogP contribution in [0.4, 0.5) is 10.1 Å². The first-order valence-electron chi connectivity index (χ1n) is 6.85. The van der Waals surface area contributed by atoms with Gasteiger partial charge in [-0.15, -0.1) is 0 Å². The minimum absolute atomic E-state index is 0.192. The minimum atomic E-state index is -0.192. The highest BCUT2D eigenvalue weighted by Gasteiger charge is 2.09. The zero-order chi connectivity index (χ0) is 14.3. The van der Waals surface area contributed by atoms with E-state index in [-0.39, 0.29) is 5.82 Å². The highest BCUT2D eigenvalue weighted by Crippen LogP contribution is 2.20. The predicted molar refractivity (Wildman–Crippen MR) is 78.1 cm³/mol. The van der Waals surface area contributed by atoms with Crippen molar-refractivity contribution in [3.05, 3.63) is 29.6 Å². The van der Waals surface area contributed by atoms with Crippen LogP contribution in [0.2, 0.25) is 0 Å². The number of likely N-dealkylation sites (N-methyl/N-ethyl adjacent to an activating group) is 1. The molecule has 0 amide bonds. The summed E-state index contributed by atoms with van der Waals surface area (Å²) in [5, 5.41) is 3.33. The Bertz CT molecular complexity index is 382. The van der Waals surface area contributed by atoms with E-state index < -0.39 is 0 Å². The van der Waals surface area contributed by atoms with Crippen LogP contribution in [0.15, 0.2) is 18.2 Å². The monoisotopic (exact) mass is 268 g/mol. The third kappa shape index (κ3) is 5.57. The van der Waals surface area contributed by atoms with E-state index in [2.05, 4.69) is 24.1 Å². The van der Waals surface area contributed by atoms with Gasteiger partial charge in [-0.3, -0.25) is 0 Å². The van der Waals surface area contributed by atoms with Crippen molar-refractivity contribution in [2.75, 3.05) is 31.7 Å². The largest absolute Gasteiger partial charge is 0.380 e. The third-order valence-corrected chi connectivity index (χ3v) is 2.93. The smallest absolute Gasteiger partial charge is 0.123 e. The van der Waals surface area contributed by atoms with Crippen LogP contribution in [0, 0.1) is 5.82 Å². The third-order valence-electron chi connectivity index (χ3n) is 2.93. The molecule has 0 spiro atoms. The average molecular weight is 268 g/mol. The van der Waals surface area contributed by atoms with Crippen molar-refractivity contribution in [3.63, 3.8) is 0 Å². The van der Waals surface area contributed by atoms with Crippen LogP contribution >= 0.6 is 0 Å². The molecule has 0 heterocycles. The molecule has 0 fully saturated rings. The molecule has 0 aliphatic heterocycles. The topological polar surface area (TPSA) is 24.5 Å². The van der Waals surface area contributed by atoms with Crippen LogP contribution in [0.25, 0.3) is 0 Å². The molecule has 0 bridgehead atoms. The molecule has 0 unspecified atom stereocenters. The fourth-order valence-electron chi connectivity index (χ4n) is 1.85.